The lowest BCUT2D eigenvalue weighted by atomic mass is 10.1. The molecule has 1 aromatic carbocycles. The summed E-state index contributed by atoms with van der Waals surface area (Å²) in [6.07, 6.45) is -2.11. The first-order valence-electron chi connectivity index (χ1n) is 5.83. The molecule has 1 aromatic rings. The van der Waals surface area contributed by atoms with E-state index in [0.29, 0.717) is 4.47 Å². The van der Waals surface area contributed by atoms with Crippen LogP contribution in [-0.2, 0) is 4.79 Å². The van der Waals surface area contributed by atoms with Crippen LogP contribution in [0, 0.1) is 10.1 Å². The lowest BCUT2D eigenvalue weighted by Crippen LogP contribution is -2.27. The van der Waals surface area contributed by atoms with Crippen molar-refractivity contribution in [3.63, 3.8) is 0 Å². The third-order valence-corrected chi connectivity index (χ3v) is 3.07. The molecule has 0 spiro atoms. The van der Waals surface area contributed by atoms with Gasteiger partial charge in [-0.25, -0.2) is 4.79 Å². The third-order valence-electron chi connectivity index (χ3n) is 2.62. The molecule has 0 heterocycles. The van der Waals surface area contributed by atoms with E-state index in [-0.39, 0.29) is 17.7 Å². The van der Waals surface area contributed by atoms with Crippen LogP contribution < -0.4 is 4.74 Å². The Hall–Kier alpha value is -1.67. The van der Waals surface area contributed by atoms with Crippen LogP contribution >= 0.6 is 15.9 Å². The Balaban J connectivity index is 3.40. The van der Waals surface area contributed by atoms with Crippen molar-refractivity contribution in [1.29, 1.82) is 0 Å². The molecule has 20 heavy (non-hydrogen) atoms. The van der Waals surface area contributed by atoms with Crippen molar-refractivity contribution in [2.75, 3.05) is 0 Å². The van der Waals surface area contributed by atoms with Crippen LogP contribution in [0.25, 0.3) is 0 Å². The van der Waals surface area contributed by atoms with Crippen molar-refractivity contribution in [2.45, 2.75) is 32.5 Å². The van der Waals surface area contributed by atoms with Crippen LogP contribution in [0.4, 0.5) is 5.69 Å². The topological polar surface area (TPSA) is 110 Å². The van der Waals surface area contributed by atoms with Crippen LogP contribution in [0.1, 0.15) is 31.9 Å². The van der Waals surface area contributed by atoms with Crippen LogP contribution in [0.3, 0.4) is 0 Å². The van der Waals surface area contributed by atoms with Gasteiger partial charge in [0.15, 0.2) is 6.10 Å². The summed E-state index contributed by atoms with van der Waals surface area (Å²) in [5.74, 6) is -1.44. The molecule has 0 radical (unpaired) electrons. The fourth-order valence-electron chi connectivity index (χ4n) is 1.62. The van der Waals surface area contributed by atoms with E-state index in [9.17, 15) is 20.0 Å². The van der Waals surface area contributed by atoms with E-state index in [0.717, 1.165) is 0 Å². The minimum atomic E-state index is -1.22. The van der Waals surface area contributed by atoms with Gasteiger partial charge in [-0.2, -0.15) is 0 Å². The molecule has 1 rings (SSSR count). The summed E-state index contributed by atoms with van der Waals surface area (Å²) in [4.78, 5) is 21.4. The number of hydrogen-bond donors (Lipinski definition) is 2. The zero-order chi connectivity index (χ0) is 15.4. The van der Waals surface area contributed by atoms with Crippen molar-refractivity contribution < 1.29 is 24.7 Å². The highest BCUT2D eigenvalue weighted by atomic mass is 79.9. The summed E-state index contributed by atoms with van der Waals surface area (Å²) in [6, 6.07) is 2.66. The van der Waals surface area contributed by atoms with Crippen molar-refractivity contribution in [3.8, 4) is 5.75 Å². The minimum Gasteiger partial charge on any atom is -0.479 e. The highest BCUT2D eigenvalue weighted by molar-refractivity contribution is 9.10. The van der Waals surface area contributed by atoms with Gasteiger partial charge in [0.25, 0.3) is 0 Å². The normalized spacial score (nSPS) is 13.6. The monoisotopic (exact) mass is 347 g/mol. The van der Waals surface area contributed by atoms with Gasteiger partial charge >= 0.3 is 11.7 Å². The summed E-state index contributed by atoms with van der Waals surface area (Å²) < 4.78 is 5.64. The molecule has 0 saturated carbocycles. The maximum absolute atomic E-state index is 11.1. The van der Waals surface area contributed by atoms with Gasteiger partial charge in [0.2, 0.25) is 5.75 Å². The first-order valence-corrected chi connectivity index (χ1v) is 6.62. The van der Waals surface area contributed by atoms with Crippen LogP contribution in [0.5, 0.6) is 5.75 Å². The van der Waals surface area contributed by atoms with E-state index in [1.807, 2.05) is 0 Å². The second kappa shape index (κ2) is 6.67. The zero-order valence-corrected chi connectivity index (χ0v) is 12.5. The molecule has 0 aliphatic heterocycles. The van der Waals surface area contributed by atoms with E-state index in [4.69, 9.17) is 9.84 Å². The predicted molar refractivity (Wildman–Crippen MR) is 73.8 cm³/mol. The van der Waals surface area contributed by atoms with E-state index in [1.54, 1.807) is 6.92 Å². The molecule has 2 N–H and O–H groups in total. The number of halogens is 1. The molecule has 7 nitrogen and oxygen atoms in total. The molecule has 2 unspecified atom stereocenters. The summed E-state index contributed by atoms with van der Waals surface area (Å²) >= 11 is 3.11. The SMILES string of the molecule is CCC(Oc1c(C(C)O)cc(Br)cc1[N+](=O)[O-])C(=O)O. The molecule has 0 aliphatic rings. The van der Waals surface area contributed by atoms with Crippen molar-refractivity contribution in [1.82, 2.24) is 0 Å². The van der Waals surface area contributed by atoms with Gasteiger partial charge in [-0.3, -0.25) is 10.1 Å². The number of carboxylic acids is 1. The minimum absolute atomic E-state index is 0.141. The molecule has 0 aliphatic carbocycles. The molecule has 110 valence electrons. The summed E-state index contributed by atoms with van der Waals surface area (Å²) in [5, 5.41) is 29.7. The number of nitro groups is 1. The molecular weight excluding hydrogens is 334 g/mol. The lowest BCUT2D eigenvalue weighted by molar-refractivity contribution is -0.386. The standard InChI is InChI=1S/C12H14BrNO6/c1-3-10(12(16)17)20-11-8(6(2)15)4-7(13)5-9(11)14(18)19/h4-6,10,15H,3H2,1-2H3,(H,16,17). The van der Waals surface area contributed by atoms with Crippen LogP contribution in [0.15, 0.2) is 16.6 Å². The lowest BCUT2D eigenvalue weighted by Gasteiger charge is -2.18. The van der Waals surface area contributed by atoms with E-state index in [1.165, 1.54) is 19.1 Å². The average Bonchev–Trinajstić information content (AvgIpc) is 2.35. The second-order valence-corrected chi connectivity index (χ2v) is 5.05. The number of aliphatic carboxylic acids is 1. The largest absolute Gasteiger partial charge is 0.479 e. The number of benzene rings is 1. The van der Waals surface area contributed by atoms with Crippen molar-refractivity contribution in [2.24, 2.45) is 0 Å². The number of carbonyl (C=O) groups is 1. The number of aliphatic hydroxyl groups is 1. The van der Waals surface area contributed by atoms with Gasteiger partial charge in [-0.1, -0.05) is 22.9 Å². The Kier molecular flexibility index (Phi) is 5.46. The number of aliphatic hydroxyl groups excluding tert-OH is 1. The van der Waals surface area contributed by atoms with E-state index < -0.39 is 28.8 Å². The molecule has 0 bridgehead atoms. The average molecular weight is 348 g/mol. The summed E-state index contributed by atoms with van der Waals surface area (Å²) in [5.41, 5.74) is -0.235. The van der Waals surface area contributed by atoms with Crippen molar-refractivity contribution in [3.05, 3.63) is 32.3 Å². The maximum Gasteiger partial charge on any atom is 0.344 e. The van der Waals surface area contributed by atoms with E-state index in [2.05, 4.69) is 15.9 Å². The quantitative estimate of drug-likeness (QED) is 0.604. The first-order chi connectivity index (χ1) is 9.27. The molecule has 0 saturated heterocycles. The Morgan fingerprint density at radius 3 is 2.55 bits per heavy atom. The van der Waals surface area contributed by atoms with Crippen LogP contribution in [0.2, 0.25) is 0 Å². The molecule has 8 heteroatoms. The number of hydrogen-bond acceptors (Lipinski definition) is 5. The number of ether oxygens (including phenoxy) is 1. The molecule has 0 amide bonds. The molecular formula is C12H14BrNO6. The third kappa shape index (κ3) is 3.67. The highest BCUT2D eigenvalue weighted by Crippen LogP contribution is 2.38. The molecule has 2 atom stereocenters. The van der Waals surface area contributed by atoms with Crippen LogP contribution in [-0.4, -0.2) is 27.2 Å². The predicted octanol–water partition coefficient (Wildman–Crippen LogP) is 2.65. The fourth-order valence-corrected chi connectivity index (χ4v) is 2.09. The van der Waals surface area contributed by atoms with Gasteiger partial charge in [0, 0.05) is 16.1 Å². The van der Waals surface area contributed by atoms with Gasteiger partial charge in [0.05, 0.1) is 11.0 Å². The Labute approximate surface area is 123 Å². The molecule has 0 fully saturated rings. The fraction of sp³-hybridized carbons (Fsp3) is 0.417. The number of rotatable bonds is 6. The molecule has 0 aromatic heterocycles. The number of nitrogens with zero attached hydrogens (tertiary/aromatic N) is 1. The number of carboxylic acid groups (broad SMARTS) is 1. The maximum atomic E-state index is 11.1. The summed E-state index contributed by atoms with van der Waals surface area (Å²) in [6.45, 7) is 3.01. The first kappa shape index (κ1) is 16.4. The Bertz CT molecular complexity index is 531. The van der Waals surface area contributed by atoms with Gasteiger partial charge in [-0.05, 0) is 19.4 Å². The highest BCUT2D eigenvalue weighted by Gasteiger charge is 2.27. The summed E-state index contributed by atoms with van der Waals surface area (Å²) in [7, 11) is 0. The van der Waals surface area contributed by atoms with E-state index >= 15 is 0 Å². The van der Waals surface area contributed by atoms with Gasteiger partial charge in [-0.15, -0.1) is 0 Å². The Morgan fingerprint density at radius 2 is 2.15 bits per heavy atom. The Morgan fingerprint density at radius 1 is 1.55 bits per heavy atom. The number of nitro benzene ring substituents is 1. The van der Waals surface area contributed by atoms with Gasteiger partial charge in [0.1, 0.15) is 0 Å². The zero-order valence-electron chi connectivity index (χ0n) is 10.9. The van der Waals surface area contributed by atoms with Crippen molar-refractivity contribution >= 4 is 27.6 Å². The smallest absolute Gasteiger partial charge is 0.344 e. The van der Waals surface area contributed by atoms with Gasteiger partial charge < -0.3 is 14.9 Å². The second-order valence-electron chi connectivity index (χ2n) is 4.13.